The number of hydrogen-bond acceptors (Lipinski definition) is 5. The van der Waals surface area contributed by atoms with Crippen LogP contribution < -0.4 is 4.74 Å². The molecular formula is C20H29NO5. The molecule has 0 spiro atoms. The van der Waals surface area contributed by atoms with Crippen molar-refractivity contribution in [3.05, 3.63) is 29.3 Å². The van der Waals surface area contributed by atoms with Crippen molar-refractivity contribution >= 4 is 12.1 Å². The number of benzene rings is 1. The van der Waals surface area contributed by atoms with Crippen molar-refractivity contribution in [3.63, 3.8) is 0 Å². The van der Waals surface area contributed by atoms with Crippen LogP contribution in [0.5, 0.6) is 5.75 Å². The molecule has 144 valence electrons. The Kier molecular flexibility index (Phi) is 6.51. The smallest absolute Gasteiger partial charge is 0.410 e. The zero-order valence-electron chi connectivity index (χ0n) is 16.3. The first kappa shape index (κ1) is 20.1. The number of methoxy groups -OCH3 is 1. The molecule has 1 saturated heterocycles. The summed E-state index contributed by atoms with van der Waals surface area (Å²) in [5, 5.41) is 0. The fourth-order valence-electron chi connectivity index (χ4n) is 2.91. The van der Waals surface area contributed by atoms with E-state index in [2.05, 4.69) is 0 Å². The van der Waals surface area contributed by atoms with Gasteiger partial charge in [0, 0.05) is 18.7 Å². The van der Waals surface area contributed by atoms with E-state index in [-0.39, 0.29) is 24.6 Å². The number of nitrogens with zero attached hydrogens (tertiary/aromatic N) is 1. The molecule has 1 aliphatic rings. The van der Waals surface area contributed by atoms with E-state index in [0.29, 0.717) is 31.7 Å². The van der Waals surface area contributed by atoms with Gasteiger partial charge in [-0.05, 0) is 52.7 Å². The minimum Gasteiger partial charge on any atom is -0.496 e. The van der Waals surface area contributed by atoms with Crippen LogP contribution in [0.3, 0.4) is 0 Å². The molecule has 0 unspecified atom stereocenters. The molecule has 0 radical (unpaired) electrons. The molecule has 2 rings (SSSR count). The highest BCUT2D eigenvalue weighted by Gasteiger charge is 2.30. The number of likely N-dealkylation sites (tertiary alicyclic amines) is 1. The van der Waals surface area contributed by atoms with Crippen molar-refractivity contribution < 1.29 is 23.8 Å². The number of piperidine rings is 1. The molecule has 26 heavy (non-hydrogen) atoms. The third-order valence-electron chi connectivity index (χ3n) is 4.29. The monoisotopic (exact) mass is 363 g/mol. The average Bonchev–Trinajstić information content (AvgIpc) is 2.58. The predicted molar refractivity (Wildman–Crippen MR) is 98.1 cm³/mol. The minimum absolute atomic E-state index is 0.190. The lowest BCUT2D eigenvalue weighted by Crippen LogP contribution is -2.43. The highest BCUT2D eigenvalue weighted by atomic mass is 16.6. The number of rotatable bonds is 4. The van der Waals surface area contributed by atoms with Crippen LogP contribution in [0.15, 0.2) is 18.2 Å². The maximum absolute atomic E-state index is 12.4. The van der Waals surface area contributed by atoms with Crippen molar-refractivity contribution in [1.82, 2.24) is 4.90 Å². The summed E-state index contributed by atoms with van der Waals surface area (Å²) in [6.07, 6.45) is 0.848. The molecule has 0 N–H and O–H groups in total. The fraction of sp³-hybridized carbons (Fsp3) is 0.600. The van der Waals surface area contributed by atoms with E-state index in [1.807, 2.05) is 45.9 Å². The second kappa shape index (κ2) is 8.43. The average molecular weight is 363 g/mol. The van der Waals surface area contributed by atoms with E-state index in [9.17, 15) is 9.59 Å². The summed E-state index contributed by atoms with van der Waals surface area (Å²) in [5.41, 5.74) is 1.43. The second-order valence-corrected chi connectivity index (χ2v) is 7.66. The molecule has 1 heterocycles. The van der Waals surface area contributed by atoms with E-state index in [1.54, 1.807) is 12.0 Å². The molecule has 1 amide bonds. The van der Waals surface area contributed by atoms with E-state index in [1.165, 1.54) is 0 Å². The molecule has 0 atom stereocenters. The third-order valence-corrected chi connectivity index (χ3v) is 4.29. The van der Waals surface area contributed by atoms with Crippen molar-refractivity contribution in [2.45, 2.75) is 52.7 Å². The predicted octanol–water partition coefficient (Wildman–Crippen LogP) is 3.69. The summed E-state index contributed by atoms with van der Waals surface area (Å²) in [4.78, 5) is 26.1. The maximum Gasteiger partial charge on any atom is 0.410 e. The summed E-state index contributed by atoms with van der Waals surface area (Å²) in [7, 11) is 1.60. The Labute approximate surface area is 155 Å². The number of aryl methyl sites for hydroxylation is 1. The lowest BCUT2D eigenvalue weighted by atomic mass is 9.97. The highest BCUT2D eigenvalue weighted by molar-refractivity contribution is 5.73. The van der Waals surface area contributed by atoms with Gasteiger partial charge in [0.25, 0.3) is 0 Å². The van der Waals surface area contributed by atoms with Crippen LogP contribution >= 0.6 is 0 Å². The van der Waals surface area contributed by atoms with Crippen molar-refractivity contribution in [1.29, 1.82) is 0 Å². The number of ether oxygens (including phenoxy) is 3. The molecule has 0 saturated carbocycles. The molecule has 0 bridgehead atoms. The molecule has 0 aliphatic carbocycles. The van der Waals surface area contributed by atoms with Crippen LogP contribution in [0.2, 0.25) is 0 Å². The first-order chi connectivity index (χ1) is 12.2. The number of esters is 1. The summed E-state index contributed by atoms with van der Waals surface area (Å²) < 4.78 is 16.2. The Balaban J connectivity index is 1.83. The van der Waals surface area contributed by atoms with E-state index in [0.717, 1.165) is 11.1 Å². The fourth-order valence-corrected chi connectivity index (χ4v) is 2.91. The van der Waals surface area contributed by atoms with Gasteiger partial charge >= 0.3 is 12.1 Å². The van der Waals surface area contributed by atoms with Crippen molar-refractivity contribution in [3.8, 4) is 5.75 Å². The van der Waals surface area contributed by atoms with Gasteiger partial charge < -0.3 is 19.1 Å². The Bertz CT molecular complexity index is 642. The van der Waals surface area contributed by atoms with Gasteiger partial charge in [-0.3, -0.25) is 4.79 Å². The second-order valence-electron chi connectivity index (χ2n) is 7.66. The zero-order valence-corrected chi connectivity index (χ0v) is 16.3. The standard InChI is InChI=1S/C20H29NO5/c1-14-6-7-17(24-5)16(12-14)13-25-18(22)15-8-10-21(11-9-15)19(23)26-20(2,3)4/h6-7,12,15H,8-11,13H2,1-5H3. The van der Waals surface area contributed by atoms with E-state index < -0.39 is 5.60 Å². The van der Waals surface area contributed by atoms with Gasteiger partial charge in [0.2, 0.25) is 0 Å². The quantitative estimate of drug-likeness (QED) is 0.763. The SMILES string of the molecule is COc1ccc(C)cc1COC(=O)C1CCN(C(=O)OC(C)(C)C)CC1. The molecule has 1 fully saturated rings. The van der Waals surface area contributed by atoms with Crippen LogP contribution in [-0.4, -0.2) is 42.8 Å². The van der Waals surface area contributed by atoms with Crippen LogP contribution in [0.4, 0.5) is 4.79 Å². The van der Waals surface area contributed by atoms with Gasteiger partial charge in [0.15, 0.2) is 0 Å². The number of amides is 1. The van der Waals surface area contributed by atoms with Crippen LogP contribution in [0, 0.1) is 12.8 Å². The molecule has 1 aromatic rings. The van der Waals surface area contributed by atoms with Crippen LogP contribution in [0.25, 0.3) is 0 Å². The van der Waals surface area contributed by atoms with Crippen LogP contribution in [0.1, 0.15) is 44.7 Å². The summed E-state index contributed by atoms with van der Waals surface area (Å²) in [6.45, 7) is 8.70. The van der Waals surface area contributed by atoms with Crippen LogP contribution in [-0.2, 0) is 20.9 Å². The van der Waals surface area contributed by atoms with Gasteiger partial charge in [0.1, 0.15) is 18.0 Å². The Hall–Kier alpha value is -2.24. The Morgan fingerprint density at radius 3 is 2.42 bits per heavy atom. The topological polar surface area (TPSA) is 65.1 Å². The molecule has 6 heteroatoms. The minimum atomic E-state index is -0.514. The zero-order chi connectivity index (χ0) is 19.3. The molecule has 1 aromatic carbocycles. The van der Waals surface area contributed by atoms with E-state index >= 15 is 0 Å². The summed E-state index contributed by atoms with van der Waals surface area (Å²) in [5.74, 6) is 0.296. The first-order valence-corrected chi connectivity index (χ1v) is 8.97. The number of carbonyl (C=O) groups is 2. The molecule has 6 nitrogen and oxygen atoms in total. The van der Waals surface area contributed by atoms with Gasteiger partial charge in [-0.2, -0.15) is 0 Å². The number of hydrogen-bond donors (Lipinski definition) is 0. The molecule has 0 aromatic heterocycles. The van der Waals surface area contributed by atoms with E-state index in [4.69, 9.17) is 14.2 Å². The van der Waals surface area contributed by atoms with Crippen molar-refractivity contribution in [2.24, 2.45) is 5.92 Å². The van der Waals surface area contributed by atoms with Gasteiger partial charge in [-0.25, -0.2) is 4.79 Å². The third kappa shape index (κ3) is 5.64. The number of carbonyl (C=O) groups excluding carboxylic acids is 2. The largest absolute Gasteiger partial charge is 0.496 e. The van der Waals surface area contributed by atoms with Gasteiger partial charge in [0.05, 0.1) is 13.0 Å². The summed E-state index contributed by atoms with van der Waals surface area (Å²) in [6, 6.07) is 5.78. The Morgan fingerprint density at radius 2 is 1.85 bits per heavy atom. The van der Waals surface area contributed by atoms with Crippen molar-refractivity contribution in [2.75, 3.05) is 20.2 Å². The first-order valence-electron chi connectivity index (χ1n) is 8.97. The maximum atomic E-state index is 12.4. The summed E-state index contributed by atoms with van der Waals surface area (Å²) >= 11 is 0. The lowest BCUT2D eigenvalue weighted by molar-refractivity contribution is -0.151. The lowest BCUT2D eigenvalue weighted by Gasteiger charge is -2.32. The molecular weight excluding hydrogens is 334 g/mol. The van der Waals surface area contributed by atoms with Gasteiger partial charge in [-0.15, -0.1) is 0 Å². The molecule has 1 aliphatic heterocycles. The Morgan fingerprint density at radius 1 is 1.19 bits per heavy atom. The highest BCUT2D eigenvalue weighted by Crippen LogP contribution is 2.24. The van der Waals surface area contributed by atoms with Gasteiger partial charge in [-0.1, -0.05) is 11.6 Å². The normalized spacial score (nSPS) is 15.5.